The second-order valence-corrected chi connectivity index (χ2v) is 4.66. The molecule has 0 atom stereocenters. The number of hydrogen-bond donors (Lipinski definition) is 2. The summed E-state index contributed by atoms with van der Waals surface area (Å²) in [4.78, 5) is 22.7. The molecule has 0 saturated heterocycles. The van der Waals surface area contributed by atoms with Gasteiger partial charge in [-0.2, -0.15) is 0 Å². The van der Waals surface area contributed by atoms with Gasteiger partial charge in [0, 0.05) is 18.0 Å². The number of hydrogen-bond acceptors (Lipinski definition) is 2. The van der Waals surface area contributed by atoms with Crippen LogP contribution >= 0.6 is 11.6 Å². The summed E-state index contributed by atoms with van der Waals surface area (Å²) in [5.41, 5.74) is 3.34. The number of imide groups is 1. The molecule has 0 spiro atoms. The third-order valence-corrected chi connectivity index (χ3v) is 3.12. The molecule has 0 heterocycles. The van der Waals surface area contributed by atoms with Gasteiger partial charge < -0.3 is 5.32 Å². The highest BCUT2D eigenvalue weighted by Gasteiger charge is 2.12. The number of amides is 3. The molecule has 4 nitrogen and oxygen atoms in total. The Morgan fingerprint density at radius 1 is 1.22 bits per heavy atom. The van der Waals surface area contributed by atoms with Crippen LogP contribution in [0.15, 0.2) is 18.2 Å². The smallest absolute Gasteiger partial charge is 0.308 e. The molecule has 18 heavy (non-hydrogen) atoms. The Morgan fingerprint density at radius 3 is 2.78 bits per heavy atom. The molecule has 0 aliphatic heterocycles. The molecule has 2 N–H and O–H groups in total. The fourth-order valence-electron chi connectivity index (χ4n) is 2.09. The first-order valence-electron chi connectivity index (χ1n) is 5.97. The summed E-state index contributed by atoms with van der Waals surface area (Å²) in [6, 6.07) is 5.34. The molecule has 1 aromatic carbocycles. The van der Waals surface area contributed by atoms with Crippen molar-refractivity contribution in [3.05, 3.63) is 29.3 Å². The predicted molar refractivity (Wildman–Crippen MR) is 71.0 cm³/mol. The van der Waals surface area contributed by atoms with Crippen molar-refractivity contribution in [1.29, 1.82) is 0 Å². The lowest BCUT2D eigenvalue weighted by Crippen LogP contribution is -2.34. The molecule has 5 heteroatoms. The van der Waals surface area contributed by atoms with Crippen LogP contribution in [0.1, 0.15) is 24.0 Å². The van der Waals surface area contributed by atoms with Crippen molar-refractivity contribution in [1.82, 2.24) is 5.32 Å². The number of halogens is 1. The van der Waals surface area contributed by atoms with Gasteiger partial charge in [-0.3, -0.25) is 10.1 Å². The zero-order valence-corrected chi connectivity index (χ0v) is 10.7. The molecule has 0 bridgehead atoms. The second-order valence-electron chi connectivity index (χ2n) is 4.28. The summed E-state index contributed by atoms with van der Waals surface area (Å²) >= 11 is 5.41. The number of fused-ring (bicyclic) bond motifs is 1. The Kier molecular flexibility index (Phi) is 4.20. The number of aryl methyl sites for hydroxylation is 2. The van der Waals surface area contributed by atoms with E-state index in [9.17, 15) is 9.59 Å². The number of carbonyl (C=O) groups excluding carboxylic acids is 2. The normalized spacial score (nSPS) is 12.9. The molecule has 0 unspecified atom stereocenters. The van der Waals surface area contributed by atoms with Gasteiger partial charge in [0.25, 0.3) is 0 Å². The zero-order valence-electron chi connectivity index (χ0n) is 9.96. The van der Waals surface area contributed by atoms with E-state index in [-0.39, 0.29) is 18.2 Å². The molecule has 1 aromatic rings. The first kappa shape index (κ1) is 12.9. The number of anilines is 1. The molecule has 1 aliphatic carbocycles. The van der Waals surface area contributed by atoms with Gasteiger partial charge in [0.2, 0.25) is 5.91 Å². The Hall–Kier alpha value is -1.55. The molecule has 3 amide bonds. The molecule has 0 radical (unpaired) electrons. The minimum Gasteiger partial charge on any atom is -0.308 e. The van der Waals surface area contributed by atoms with Crippen molar-refractivity contribution in [3.8, 4) is 0 Å². The van der Waals surface area contributed by atoms with E-state index < -0.39 is 6.03 Å². The number of rotatable bonds is 3. The molecular formula is C13H15ClN2O2. The Balaban J connectivity index is 1.93. The van der Waals surface area contributed by atoms with Gasteiger partial charge in [0.1, 0.15) is 0 Å². The molecular weight excluding hydrogens is 252 g/mol. The van der Waals surface area contributed by atoms with Gasteiger partial charge in [-0.05, 0) is 42.5 Å². The van der Waals surface area contributed by atoms with Gasteiger partial charge in [-0.25, -0.2) is 4.79 Å². The Labute approximate surface area is 111 Å². The molecule has 2 rings (SSSR count). The van der Waals surface area contributed by atoms with E-state index >= 15 is 0 Å². The second kappa shape index (κ2) is 5.87. The standard InChI is InChI=1S/C13H15ClN2O2/c14-7-6-12(17)16-13(18)15-11-5-4-9-2-1-3-10(9)8-11/h4-5,8H,1-3,6-7H2,(H2,15,16,17,18). The van der Waals surface area contributed by atoms with Crippen LogP contribution in [-0.4, -0.2) is 17.8 Å². The SMILES string of the molecule is O=C(CCCl)NC(=O)Nc1ccc2c(c1)CCC2. The lowest BCUT2D eigenvalue weighted by molar-refractivity contribution is -0.119. The van der Waals surface area contributed by atoms with Crippen molar-refractivity contribution in [3.63, 3.8) is 0 Å². The van der Waals surface area contributed by atoms with Crippen LogP contribution in [0, 0.1) is 0 Å². The van der Waals surface area contributed by atoms with Crippen LogP contribution in [0.5, 0.6) is 0 Å². The van der Waals surface area contributed by atoms with Crippen molar-refractivity contribution < 1.29 is 9.59 Å². The molecule has 0 aromatic heterocycles. The third kappa shape index (κ3) is 3.23. The number of alkyl halides is 1. The third-order valence-electron chi connectivity index (χ3n) is 2.93. The van der Waals surface area contributed by atoms with Gasteiger partial charge in [0.05, 0.1) is 0 Å². The van der Waals surface area contributed by atoms with Crippen LogP contribution in [0.4, 0.5) is 10.5 Å². The maximum atomic E-state index is 11.5. The largest absolute Gasteiger partial charge is 0.325 e. The van der Waals surface area contributed by atoms with Crippen molar-refractivity contribution in [2.24, 2.45) is 0 Å². The summed E-state index contributed by atoms with van der Waals surface area (Å²) in [7, 11) is 0. The first-order chi connectivity index (χ1) is 8.69. The number of nitrogens with one attached hydrogen (secondary N) is 2. The highest BCUT2D eigenvalue weighted by atomic mass is 35.5. The zero-order chi connectivity index (χ0) is 13.0. The summed E-state index contributed by atoms with van der Waals surface area (Å²) in [6.07, 6.45) is 3.46. The lowest BCUT2D eigenvalue weighted by Gasteiger charge is -2.08. The quantitative estimate of drug-likeness (QED) is 0.826. The average molecular weight is 267 g/mol. The van der Waals surface area contributed by atoms with Gasteiger partial charge >= 0.3 is 6.03 Å². The van der Waals surface area contributed by atoms with E-state index in [4.69, 9.17) is 11.6 Å². The number of carbonyl (C=O) groups is 2. The van der Waals surface area contributed by atoms with E-state index in [2.05, 4.69) is 10.6 Å². The monoisotopic (exact) mass is 266 g/mol. The van der Waals surface area contributed by atoms with Crippen molar-refractivity contribution in [2.75, 3.05) is 11.2 Å². The fraction of sp³-hybridized carbons (Fsp3) is 0.385. The molecule has 96 valence electrons. The van der Waals surface area contributed by atoms with Crippen LogP contribution < -0.4 is 10.6 Å². The van der Waals surface area contributed by atoms with E-state index in [0.29, 0.717) is 5.69 Å². The highest BCUT2D eigenvalue weighted by molar-refractivity contribution is 6.19. The van der Waals surface area contributed by atoms with Crippen LogP contribution in [0.3, 0.4) is 0 Å². The van der Waals surface area contributed by atoms with Gasteiger partial charge in [-0.15, -0.1) is 11.6 Å². The van der Waals surface area contributed by atoms with Crippen LogP contribution in [-0.2, 0) is 17.6 Å². The molecule has 1 aliphatic rings. The lowest BCUT2D eigenvalue weighted by atomic mass is 10.1. The minimum atomic E-state index is -0.511. The summed E-state index contributed by atoms with van der Waals surface area (Å²) in [5.74, 6) is -0.165. The predicted octanol–water partition coefficient (Wildman–Crippen LogP) is 2.45. The maximum Gasteiger partial charge on any atom is 0.325 e. The minimum absolute atomic E-state index is 0.138. The maximum absolute atomic E-state index is 11.5. The summed E-state index contributed by atoms with van der Waals surface area (Å²) < 4.78 is 0. The topological polar surface area (TPSA) is 58.2 Å². The van der Waals surface area contributed by atoms with E-state index in [1.54, 1.807) is 0 Å². The van der Waals surface area contributed by atoms with Crippen molar-refractivity contribution >= 4 is 29.2 Å². The van der Waals surface area contributed by atoms with E-state index in [1.165, 1.54) is 17.5 Å². The first-order valence-corrected chi connectivity index (χ1v) is 6.51. The summed E-state index contributed by atoms with van der Waals surface area (Å²) in [6.45, 7) is 0. The summed E-state index contributed by atoms with van der Waals surface area (Å²) in [5, 5.41) is 4.87. The fourth-order valence-corrected chi connectivity index (χ4v) is 2.26. The molecule has 0 saturated carbocycles. The van der Waals surface area contributed by atoms with Gasteiger partial charge in [0.15, 0.2) is 0 Å². The van der Waals surface area contributed by atoms with Crippen molar-refractivity contribution in [2.45, 2.75) is 25.7 Å². The Bertz CT molecular complexity index is 474. The van der Waals surface area contributed by atoms with Gasteiger partial charge in [-0.1, -0.05) is 6.07 Å². The Morgan fingerprint density at radius 2 is 2.00 bits per heavy atom. The van der Waals surface area contributed by atoms with Crippen LogP contribution in [0.25, 0.3) is 0 Å². The van der Waals surface area contributed by atoms with E-state index in [0.717, 1.165) is 12.8 Å². The number of benzene rings is 1. The number of urea groups is 1. The average Bonchev–Trinajstić information content (AvgIpc) is 2.76. The van der Waals surface area contributed by atoms with Crippen LogP contribution in [0.2, 0.25) is 0 Å². The van der Waals surface area contributed by atoms with E-state index in [1.807, 2.05) is 18.2 Å². The molecule has 0 fully saturated rings. The highest BCUT2D eigenvalue weighted by Crippen LogP contribution is 2.24.